The van der Waals surface area contributed by atoms with E-state index in [0.717, 1.165) is 17.0 Å². The van der Waals surface area contributed by atoms with Crippen molar-refractivity contribution in [1.29, 1.82) is 0 Å². The molecule has 2 aliphatic heterocycles. The number of hydrogen-bond acceptors (Lipinski definition) is 5. The molecule has 4 rings (SSSR count). The molecule has 3 heterocycles. The van der Waals surface area contributed by atoms with Gasteiger partial charge in [0.05, 0.1) is 16.6 Å². The third kappa shape index (κ3) is 3.39. The van der Waals surface area contributed by atoms with E-state index in [4.69, 9.17) is 9.72 Å². The van der Waals surface area contributed by atoms with E-state index in [2.05, 4.69) is 14.8 Å². The van der Waals surface area contributed by atoms with E-state index >= 15 is 0 Å². The summed E-state index contributed by atoms with van der Waals surface area (Å²) < 4.78 is 7.62. The van der Waals surface area contributed by atoms with Gasteiger partial charge in [-0.15, -0.1) is 0 Å². The molecule has 1 atom stereocenters. The van der Waals surface area contributed by atoms with Gasteiger partial charge in [0.25, 0.3) is 5.91 Å². The van der Waals surface area contributed by atoms with Gasteiger partial charge in [-0.05, 0) is 39.8 Å². The highest BCUT2D eigenvalue weighted by Gasteiger charge is 2.30. The van der Waals surface area contributed by atoms with Crippen molar-refractivity contribution in [2.75, 3.05) is 31.1 Å². The first-order valence-electron chi connectivity index (χ1n) is 9.76. The number of carbonyl (C=O) groups is 2. The molecule has 1 aromatic heterocycles. The molecule has 1 aromatic carbocycles. The molecule has 0 saturated carbocycles. The Hall–Kier alpha value is -2.77. The number of ether oxygens (including phenoxy) is 1. The predicted molar refractivity (Wildman–Crippen MR) is 107 cm³/mol. The molecule has 2 aromatic rings. The molecular formula is C20H27N5O3. The molecule has 1 N–H and O–H groups in total. The van der Waals surface area contributed by atoms with Gasteiger partial charge in [0.15, 0.2) is 0 Å². The van der Waals surface area contributed by atoms with Crippen LogP contribution in [0.25, 0.3) is 11.0 Å². The molecule has 8 nitrogen and oxygen atoms in total. The molecular weight excluding hydrogens is 358 g/mol. The maximum Gasteiger partial charge on any atom is 0.410 e. The summed E-state index contributed by atoms with van der Waals surface area (Å²) in [6.07, 6.45) is -0.274. The Morgan fingerprint density at radius 1 is 1.21 bits per heavy atom. The van der Waals surface area contributed by atoms with Crippen LogP contribution in [0.5, 0.6) is 0 Å². The minimum Gasteiger partial charge on any atom is -0.444 e. The van der Waals surface area contributed by atoms with Crippen molar-refractivity contribution in [3.05, 3.63) is 23.8 Å². The van der Waals surface area contributed by atoms with Crippen molar-refractivity contribution >= 4 is 29.0 Å². The molecule has 1 saturated heterocycles. The maximum atomic E-state index is 12.5. The number of rotatable bonds is 1. The molecule has 28 heavy (non-hydrogen) atoms. The lowest BCUT2D eigenvalue weighted by Gasteiger charge is -2.36. The Labute approximate surface area is 164 Å². The van der Waals surface area contributed by atoms with Crippen LogP contribution < -0.4 is 10.2 Å². The predicted octanol–water partition coefficient (Wildman–Crippen LogP) is 2.23. The van der Waals surface area contributed by atoms with Crippen molar-refractivity contribution in [2.45, 2.75) is 45.9 Å². The van der Waals surface area contributed by atoms with Crippen LogP contribution in [0.15, 0.2) is 18.2 Å². The lowest BCUT2D eigenvalue weighted by Crippen LogP contribution is -2.50. The molecule has 1 unspecified atom stereocenters. The van der Waals surface area contributed by atoms with E-state index in [0.29, 0.717) is 38.3 Å². The molecule has 2 aliphatic rings. The Morgan fingerprint density at radius 3 is 2.61 bits per heavy atom. The number of imidazole rings is 1. The topological polar surface area (TPSA) is 79.7 Å². The SMILES string of the molecule is CC1Cn2c(N3CCN(C(=O)OC(C)(C)C)CC3)nc3cccc(c32)C(=O)N1. The summed E-state index contributed by atoms with van der Waals surface area (Å²) >= 11 is 0. The molecule has 2 amide bonds. The summed E-state index contributed by atoms with van der Waals surface area (Å²) in [6, 6.07) is 5.67. The quantitative estimate of drug-likeness (QED) is 0.814. The first-order chi connectivity index (χ1) is 13.2. The average Bonchev–Trinajstić information content (AvgIpc) is 2.92. The lowest BCUT2D eigenvalue weighted by molar-refractivity contribution is 0.0240. The van der Waals surface area contributed by atoms with Crippen LogP contribution in [0.1, 0.15) is 38.1 Å². The Balaban J connectivity index is 1.59. The van der Waals surface area contributed by atoms with Gasteiger partial charge in [-0.25, -0.2) is 9.78 Å². The van der Waals surface area contributed by atoms with Gasteiger partial charge in [-0.3, -0.25) is 4.79 Å². The third-order valence-corrected chi connectivity index (χ3v) is 5.04. The number of anilines is 1. The number of hydrogen-bond donors (Lipinski definition) is 1. The number of benzene rings is 1. The van der Waals surface area contributed by atoms with Gasteiger partial charge in [-0.2, -0.15) is 0 Å². The normalized spacial score (nSPS) is 20.1. The Morgan fingerprint density at radius 2 is 1.93 bits per heavy atom. The van der Waals surface area contributed by atoms with Crippen molar-refractivity contribution in [3.8, 4) is 0 Å². The number of carbonyl (C=O) groups excluding carboxylic acids is 2. The van der Waals surface area contributed by atoms with Gasteiger partial charge in [0, 0.05) is 38.8 Å². The van der Waals surface area contributed by atoms with Crippen LogP contribution in [0.4, 0.5) is 10.7 Å². The van der Waals surface area contributed by atoms with Crippen LogP contribution >= 0.6 is 0 Å². The fourth-order valence-corrected chi connectivity index (χ4v) is 3.81. The van der Waals surface area contributed by atoms with E-state index in [-0.39, 0.29) is 18.0 Å². The summed E-state index contributed by atoms with van der Waals surface area (Å²) in [6.45, 7) is 10.8. The smallest absolute Gasteiger partial charge is 0.410 e. The molecule has 0 bridgehead atoms. The standard InChI is InChI=1S/C20H27N5O3/c1-13-12-25-16-14(17(26)21-13)6-5-7-15(16)22-18(25)23-8-10-24(11-9-23)19(27)28-20(2,3)4/h5-7,13H,8-12H2,1-4H3,(H,21,26). The van der Waals surface area contributed by atoms with Gasteiger partial charge in [-0.1, -0.05) is 6.07 Å². The maximum absolute atomic E-state index is 12.5. The van der Waals surface area contributed by atoms with Crippen LogP contribution in [-0.2, 0) is 11.3 Å². The zero-order valence-electron chi connectivity index (χ0n) is 16.9. The third-order valence-electron chi connectivity index (χ3n) is 5.04. The second-order valence-electron chi connectivity index (χ2n) is 8.52. The number of para-hydroxylation sites is 1. The van der Waals surface area contributed by atoms with E-state index in [1.54, 1.807) is 4.90 Å². The van der Waals surface area contributed by atoms with E-state index in [9.17, 15) is 9.59 Å². The minimum absolute atomic E-state index is 0.0131. The second kappa shape index (κ2) is 6.68. The first-order valence-corrected chi connectivity index (χ1v) is 9.76. The van der Waals surface area contributed by atoms with E-state index in [1.165, 1.54) is 0 Å². The summed E-state index contributed by atoms with van der Waals surface area (Å²) in [4.78, 5) is 33.6. The molecule has 8 heteroatoms. The Bertz CT molecular complexity index is 922. The van der Waals surface area contributed by atoms with Crippen LogP contribution in [-0.4, -0.2) is 64.3 Å². The lowest BCUT2D eigenvalue weighted by atomic mass is 10.1. The highest BCUT2D eigenvalue weighted by Crippen LogP contribution is 2.28. The van der Waals surface area contributed by atoms with Crippen LogP contribution in [0.3, 0.4) is 0 Å². The van der Waals surface area contributed by atoms with Crippen molar-refractivity contribution in [1.82, 2.24) is 19.8 Å². The fourth-order valence-electron chi connectivity index (χ4n) is 3.81. The minimum atomic E-state index is -0.497. The first kappa shape index (κ1) is 18.6. The van der Waals surface area contributed by atoms with Crippen molar-refractivity contribution in [2.24, 2.45) is 0 Å². The number of nitrogens with zero attached hydrogens (tertiary/aromatic N) is 4. The zero-order chi connectivity index (χ0) is 20.1. The van der Waals surface area contributed by atoms with Crippen molar-refractivity contribution in [3.63, 3.8) is 0 Å². The molecule has 0 spiro atoms. The van der Waals surface area contributed by atoms with Crippen molar-refractivity contribution < 1.29 is 14.3 Å². The summed E-state index contributed by atoms with van der Waals surface area (Å²) in [7, 11) is 0. The number of aromatic nitrogens is 2. The highest BCUT2D eigenvalue weighted by molar-refractivity contribution is 6.06. The largest absolute Gasteiger partial charge is 0.444 e. The summed E-state index contributed by atoms with van der Waals surface area (Å²) in [5.41, 5.74) is 1.87. The highest BCUT2D eigenvalue weighted by atomic mass is 16.6. The Kier molecular flexibility index (Phi) is 4.44. The summed E-state index contributed by atoms with van der Waals surface area (Å²) in [5.74, 6) is 0.799. The van der Waals surface area contributed by atoms with Gasteiger partial charge in [0.1, 0.15) is 5.60 Å². The van der Waals surface area contributed by atoms with Gasteiger partial charge < -0.3 is 24.4 Å². The number of piperazine rings is 1. The summed E-state index contributed by atoms with van der Waals surface area (Å²) in [5, 5.41) is 3.03. The number of nitrogens with one attached hydrogen (secondary N) is 1. The van der Waals surface area contributed by atoms with E-state index < -0.39 is 5.60 Å². The molecule has 150 valence electrons. The zero-order valence-corrected chi connectivity index (χ0v) is 16.9. The number of amides is 2. The van der Waals surface area contributed by atoms with Crippen LogP contribution in [0, 0.1) is 0 Å². The molecule has 1 fully saturated rings. The van der Waals surface area contributed by atoms with E-state index in [1.807, 2.05) is 45.9 Å². The van der Waals surface area contributed by atoms with Gasteiger partial charge in [0.2, 0.25) is 5.95 Å². The average molecular weight is 385 g/mol. The van der Waals surface area contributed by atoms with Crippen LogP contribution in [0.2, 0.25) is 0 Å². The fraction of sp³-hybridized carbons (Fsp3) is 0.550. The van der Waals surface area contributed by atoms with Gasteiger partial charge >= 0.3 is 6.09 Å². The molecule has 0 aliphatic carbocycles. The monoisotopic (exact) mass is 385 g/mol. The second-order valence-corrected chi connectivity index (χ2v) is 8.52. The molecule has 0 radical (unpaired) electrons.